The summed E-state index contributed by atoms with van der Waals surface area (Å²) in [6.45, 7) is 2.62. The molecule has 0 fully saturated rings. The lowest BCUT2D eigenvalue weighted by atomic mass is 10.0. The van der Waals surface area contributed by atoms with Crippen LogP contribution in [-0.2, 0) is 4.79 Å². The molecule has 0 aliphatic carbocycles. The number of benzene rings is 1. The average molecular weight is 238 g/mol. The van der Waals surface area contributed by atoms with Crippen molar-refractivity contribution in [2.45, 2.75) is 13.8 Å². The molecule has 0 amide bonds. The SMILES string of the molecule is C[C](CO)c1cc(OC(C)=O)cc([N+](=O)[O-])c1. The van der Waals surface area contributed by atoms with Crippen LogP contribution in [0.25, 0.3) is 0 Å². The molecule has 1 aromatic rings. The Bertz CT molecular complexity index is 443. The van der Waals surface area contributed by atoms with Crippen LogP contribution in [0.15, 0.2) is 18.2 Å². The predicted octanol–water partition coefficient (Wildman–Crippen LogP) is 1.45. The summed E-state index contributed by atoms with van der Waals surface area (Å²) in [6.07, 6.45) is 0. The molecular formula is C11H12NO5. The highest BCUT2D eigenvalue weighted by atomic mass is 16.6. The van der Waals surface area contributed by atoms with E-state index in [0.29, 0.717) is 11.5 Å². The third-order valence-corrected chi connectivity index (χ3v) is 2.09. The summed E-state index contributed by atoms with van der Waals surface area (Å²) in [4.78, 5) is 20.9. The molecule has 1 aromatic carbocycles. The lowest BCUT2D eigenvalue weighted by Crippen LogP contribution is -2.05. The van der Waals surface area contributed by atoms with E-state index in [1.807, 2.05) is 0 Å². The second-order valence-corrected chi connectivity index (χ2v) is 3.50. The molecule has 1 N–H and O–H groups in total. The summed E-state index contributed by atoms with van der Waals surface area (Å²) in [7, 11) is 0. The van der Waals surface area contributed by atoms with Crippen molar-refractivity contribution in [2.24, 2.45) is 0 Å². The van der Waals surface area contributed by atoms with E-state index in [1.165, 1.54) is 19.1 Å². The highest BCUT2D eigenvalue weighted by molar-refractivity contribution is 5.70. The summed E-state index contributed by atoms with van der Waals surface area (Å²) in [6, 6.07) is 3.95. The molecule has 0 aliphatic rings. The maximum absolute atomic E-state index is 10.8. The van der Waals surface area contributed by atoms with Crippen LogP contribution in [0.5, 0.6) is 5.75 Å². The molecule has 17 heavy (non-hydrogen) atoms. The van der Waals surface area contributed by atoms with E-state index < -0.39 is 10.9 Å². The summed E-state index contributed by atoms with van der Waals surface area (Å²) >= 11 is 0. The summed E-state index contributed by atoms with van der Waals surface area (Å²) < 4.78 is 4.80. The fraction of sp³-hybridized carbons (Fsp3) is 0.273. The van der Waals surface area contributed by atoms with Crippen molar-refractivity contribution in [1.29, 1.82) is 0 Å². The Morgan fingerprint density at radius 1 is 1.41 bits per heavy atom. The fourth-order valence-corrected chi connectivity index (χ4v) is 1.25. The quantitative estimate of drug-likeness (QED) is 0.371. The standard InChI is InChI=1S/C11H12NO5/c1-7(6-13)9-3-10(12(15)16)5-11(4-9)17-8(2)14/h3-5,13H,6H2,1-2H3. The van der Waals surface area contributed by atoms with E-state index >= 15 is 0 Å². The van der Waals surface area contributed by atoms with Gasteiger partial charge in [0.2, 0.25) is 0 Å². The summed E-state index contributed by atoms with van der Waals surface area (Å²) in [5.41, 5.74) is 0.282. The molecule has 0 heterocycles. The van der Waals surface area contributed by atoms with Gasteiger partial charge in [-0.15, -0.1) is 0 Å². The van der Waals surface area contributed by atoms with Crippen LogP contribution < -0.4 is 4.74 Å². The van der Waals surface area contributed by atoms with Crippen molar-refractivity contribution in [1.82, 2.24) is 0 Å². The second-order valence-electron chi connectivity index (χ2n) is 3.50. The minimum absolute atomic E-state index is 0.0921. The van der Waals surface area contributed by atoms with E-state index in [4.69, 9.17) is 9.84 Å². The summed E-state index contributed by atoms with van der Waals surface area (Å²) in [5.74, 6) is 0.0923. The molecule has 0 aromatic heterocycles. The average Bonchev–Trinajstić information content (AvgIpc) is 2.26. The molecular weight excluding hydrogens is 226 g/mol. The van der Waals surface area contributed by atoms with Crippen LogP contribution in [0.3, 0.4) is 0 Å². The van der Waals surface area contributed by atoms with Gasteiger partial charge in [0.15, 0.2) is 0 Å². The number of hydrogen-bond acceptors (Lipinski definition) is 5. The monoisotopic (exact) mass is 238 g/mol. The first-order valence-corrected chi connectivity index (χ1v) is 4.85. The van der Waals surface area contributed by atoms with Gasteiger partial charge in [0, 0.05) is 18.9 Å². The highest BCUT2D eigenvalue weighted by Gasteiger charge is 2.15. The van der Waals surface area contributed by atoms with Gasteiger partial charge in [0.25, 0.3) is 5.69 Å². The zero-order valence-electron chi connectivity index (χ0n) is 9.47. The van der Waals surface area contributed by atoms with Crippen molar-refractivity contribution in [2.75, 3.05) is 6.61 Å². The highest BCUT2D eigenvalue weighted by Crippen LogP contribution is 2.26. The maximum atomic E-state index is 10.8. The number of nitro benzene ring substituents is 1. The number of ether oxygens (including phenoxy) is 1. The number of carbonyl (C=O) groups is 1. The van der Waals surface area contributed by atoms with Crippen molar-refractivity contribution < 1.29 is 19.6 Å². The first-order valence-electron chi connectivity index (χ1n) is 4.85. The Morgan fingerprint density at radius 3 is 2.53 bits per heavy atom. The molecule has 0 saturated heterocycles. The molecule has 1 rings (SSSR count). The molecule has 0 saturated carbocycles. The Hall–Kier alpha value is -1.95. The van der Waals surface area contributed by atoms with Crippen molar-refractivity contribution in [3.63, 3.8) is 0 Å². The fourth-order valence-electron chi connectivity index (χ4n) is 1.25. The number of hydrogen-bond donors (Lipinski definition) is 1. The number of aliphatic hydroxyl groups is 1. The summed E-state index contributed by atoms with van der Waals surface area (Å²) in [5, 5.41) is 19.7. The van der Waals surface area contributed by atoms with Gasteiger partial charge in [0.05, 0.1) is 17.6 Å². The zero-order chi connectivity index (χ0) is 13.0. The Labute approximate surface area is 98.0 Å². The number of carbonyl (C=O) groups excluding carboxylic acids is 1. The van der Waals surface area contributed by atoms with Crippen LogP contribution >= 0.6 is 0 Å². The topological polar surface area (TPSA) is 89.7 Å². The third kappa shape index (κ3) is 3.53. The van der Waals surface area contributed by atoms with Crippen molar-refractivity contribution in [3.8, 4) is 5.75 Å². The van der Waals surface area contributed by atoms with Crippen LogP contribution in [0, 0.1) is 16.0 Å². The molecule has 0 atom stereocenters. The van der Waals surface area contributed by atoms with Gasteiger partial charge < -0.3 is 9.84 Å². The first-order chi connectivity index (χ1) is 7.93. The van der Waals surface area contributed by atoms with Crippen molar-refractivity contribution >= 4 is 11.7 Å². The van der Waals surface area contributed by atoms with Gasteiger partial charge >= 0.3 is 5.97 Å². The van der Waals surface area contributed by atoms with Gasteiger partial charge in [-0.05, 0) is 11.6 Å². The molecule has 0 unspecified atom stereocenters. The molecule has 6 heteroatoms. The van der Waals surface area contributed by atoms with Gasteiger partial charge in [-0.1, -0.05) is 6.92 Å². The Balaban J connectivity index is 3.18. The normalized spacial score (nSPS) is 10.4. The Morgan fingerprint density at radius 2 is 2.06 bits per heavy atom. The number of rotatable bonds is 4. The van der Waals surface area contributed by atoms with E-state index in [0.717, 1.165) is 6.07 Å². The number of aliphatic hydroxyl groups excluding tert-OH is 1. The molecule has 0 spiro atoms. The molecule has 0 aliphatic heterocycles. The zero-order valence-corrected chi connectivity index (χ0v) is 9.47. The maximum Gasteiger partial charge on any atom is 0.308 e. The largest absolute Gasteiger partial charge is 0.426 e. The van der Waals surface area contributed by atoms with Gasteiger partial charge in [-0.3, -0.25) is 14.9 Å². The first kappa shape index (κ1) is 13.1. The molecule has 1 radical (unpaired) electrons. The van der Waals surface area contributed by atoms with Gasteiger partial charge in [-0.2, -0.15) is 0 Å². The molecule has 0 bridgehead atoms. The molecule has 6 nitrogen and oxygen atoms in total. The van der Waals surface area contributed by atoms with Crippen LogP contribution in [0.4, 0.5) is 5.69 Å². The van der Waals surface area contributed by atoms with Gasteiger partial charge in [-0.25, -0.2) is 0 Å². The van der Waals surface area contributed by atoms with Gasteiger partial charge in [0.1, 0.15) is 5.75 Å². The van der Waals surface area contributed by atoms with Crippen LogP contribution in [-0.4, -0.2) is 22.6 Å². The smallest absolute Gasteiger partial charge is 0.308 e. The number of non-ortho nitro benzene ring substituents is 1. The second kappa shape index (κ2) is 5.40. The lowest BCUT2D eigenvalue weighted by molar-refractivity contribution is -0.385. The predicted molar refractivity (Wildman–Crippen MR) is 59.5 cm³/mol. The van der Waals surface area contributed by atoms with Crippen LogP contribution in [0.1, 0.15) is 19.4 Å². The van der Waals surface area contributed by atoms with E-state index in [-0.39, 0.29) is 18.0 Å². The lowest BCUT2D eigenvalue weighted by Gasteiger charge is -2.09. The number of nitrogens with zero attached hydrogens (tertiary/aromatic N) is 1. The van der Waals surface area contributed by atoms with E-state index in [9.17, 15) is 14.9 Å². The van der Waals surface area contributed by atoms with E-state index in [2.05, 4.69) is 0 Å². The molecule has 91 valence electrons. The minimum atomic E-state index is -0.582. The van der Waals surface area contributed by atoms with Crippen molar-refractivity contribution in [3.05, 3.63) is 39.8 Å². The number of nitro groups is 1. The minimum Gasteiger partial charge on any atom is -0.426 e. The third-order valence-electron chi connectivity index (χ3n) is 2.09. The van der Waals surface area contributed by atoms with E-state index in [1.54, 1.807) is 6.92 Å². The Kier molecular flexibility index (Phi) is 4.17. The van der Waals surface area contributed by atoms with Crippen LogP contribution in [0.2, 0.25) is 0 Å². The number of esters is 1.